The first-order valence-electron chi connectivity index (χ1n) is 7.63. The van der Waals surface area contributed by atoms with E-state index in [4.69, 9.17) is 11.6 Å². The van der Waals surface area contributed by atoms with E-state index in [0.717, 1.165) is 42.4 Å². The smallest absolute Gasteiger partial charge is 0.207 e. The molecule has 1 aromatic rings. The molecule has 0 aliphatic carbocycles. The fourth-order valence-corrected chi connectivity index (χ4v) is 4.96. The predicted molar refractivity (Wildman–Crippen MR) is 87.3 cm³/mol. The molecular weight excluding hydrogens is 306 g/mol. The monoisotopic (exact) mass is 329 g/mol. The van der Waals surface area contributed by atoms with E-state index in [1.54, 1.807) is 10.4 Å². The van der Waals surface area contributed by atoms with Crippen LogP contribution >= 0.6 is 11.6 Å². The zero-order valence-electron chi connectivity index (χ0n) is 12.9. The van der Waals surface area contributed by atoms with Gasteiger partial charge >= 0.3 is 0 Å². The lowest BCUT2D eigenvalue weighted by Gasteiger charge is -2.25. The highest BCUT2D eigenvalue weighted by Crippen LogP contribution is 2.26. The Labute approximate surface area is 133 Å². The predicted octanol–water partition coefficient (Wildman–Crippen LogP) is 4.00. The molecule has 0 radical (unpaired) electrons. The lowest BCUT2D eigenvalue weighted by molar-refractivity contribution is 0.364. The summed E-state index contributed by atoms with van der Waals surface area (Å²) in [6, 6.07) is 3.68. The molecule has 0 N–H and O–H groups in total. The van der Waals surface area contributed by atoms with Crippen LogP contribution < -0.4 is 0 Å². The highest BCUT2D eigenvalue weighted by Gasteiger charge is 2.26. The van der Waals surface area contributed by atoms with Gasteiger partial charge in [-0.05, 0) is 49.4 Å². The molecule has 0 amide bonds. The molecule has 0 saturated carbocycles. The van der Waals surface area contributed by atoms with Crippen LogP contribution in [0.5, 0.6) is 0 Å². The van der Waals surface area contributed by atoms with Gasteiger partial charge in [-0.3, -0.25) is 0 Å². The van der Waals surface area contributed by atoms with Crippen LogP contribution in [-0.4, -0.2) is 25.8 Å². The van der Waals surface area contributed by atoms with Crippen molar-refractivity contribution in [1.82, 2.24) is 4.31 Å². The SMILES string of the molecule is Cc1cc(C)c(S(=O)(=O)N2CCCCCCC2)cc1CCl. The quantitative estimate of drug-likeness (QED) is 0.786. The Hall–Kier alpha value is -0.580. The Morgan fingerprint density at radius 3 is 2.14 bits per heavy atom. The van der Waals surface area contributed by atoms with Crippen molar-refractivity contribution in [1.29, 1.82) is 0 Å². The van der Waals surface area contributed by atoms with Gasteiger partial charge in [0.15, 0.2) is 0 Å². The van der Waals surface area contributed by atoms with Crippen LogP contribution in [0, 0.1) is 13.8 Å². The molecule has 2 rings (SSSR count). The van der Waals surface area contributed by atoms with E-state index in [9.17, 15) is 8.42 Å². The molecule has 21 heavy (non-hydrogen) atoms. The third-order valence-corrected chi connectivity index (χ3v) is 6.54. The maximum absolute atomic E-state index is 12.9. The lowest BCUT2D eigenvalue weighted by atomic mass is 10.1. The number of hydrogen-bond donors (Lipinski definition) is 0. The molecule has 1 heterocycles. The Morgan fingerprint density at radius 2 is 1.57 bits per heavy atom. The molecule has 1 aromatic carbocycles. The molecular formula is C16H24ClNO2S. The molecule has 1 saturated heterocycles. The topological polar surface area (TPSA) is 37.4 Å². The van der Waals surface area contributed by atoms with Crippen LogP contribution in [0.15, 0.2) is 17.0 Å². The fraction of sp³-hybridized carbons (Fsp3) is 0.625. The zero-order valence-corrected chi connectivity index (χ0v) is 14.4. The van der Waals surface area contributed by atoms with E-state index in [2.05, 4.69) is 0 Å². The highest BCUT2D eigenvalue weighted by molar-refractivity contribution is 7.89. The number of benzene rings is 1. The summed E-state index contributed by atoms with van der Waals surface area (Å²) in [6.45, 7) is 5.09. The van der Waals surface area contributed by atoms with E-state index >= 15 is 0 Å². The molecule has 0 spiro atoms. The van der Waals surface area contributed by atoms with Crippen molar-refractivity contribution in [2.75, 3.05) is 13.1 Å². The van der Waals surface area contributed by atoms with Gasteiger partial charge in [0, 0.05) is 19.0 Å². The summed E-state index contributed by atoms with van der Waals surface area (Å²) in [5, 5.41) is 0. The normalized spacial score (nSPS) is 18.2. The summed E-state index contributed by atoms with van der Waals surface area (Å²) in [6.07, 6.45) is 5.35. The van der Waals surface area contributed by atoms with E-state index in [-0.39, 0.29) is 0 Å². The van der Waals surface area contributed by atoms with Crippen LogP contribution in [-0.2, 0) is 15.9 Å². The third kappa shape index (κ3) is 3.79. The third-order valence-electron chi connectivity index (χ3n) is 4.21. The highest BCUT2D eigenvalue weighted by atomic mass is 35.5. The van der Waals surface area contributed by atoms with Crippen molar-refractivity contribution >= 4 is 21.6 Å². The van der Waals surface area contributed by atoms with Crippen molar-refractivity contribution in [3.05, 3.63) is 28.8 Å². The number of alkyl halides is 1. The van der Waals surface area contributed by atoms with Gasteiger partial charge < -0.3 is 0 Å². The van der Waals surface area contributed by atoms with E-state index in [1.165, 1.54) is 6.42 Å². The van der Waals surface area contributed by atoms with Crippen LogP contribution in [0.1, 0.15) is 48.8 Å². The van der Waals surface area contributed by atoms with Crippen LogP contribution in [0.25, 0.3) is 0 Å². The van der Waals surface area contributed by atoms with E-state index in [0.29, 0.717) is 23.9 Å². The minimum atomic E-state index is -3.41. The molecule has 118 valence electrons. The van der Waals surface area contributed by atoms with Gasteiger partial charge in [0.2, 0.25) is 10.0 Å². The molecule has 0 aromatic heterocycles. The summed E-state index contributed by atoms with van der Waals surface area (Å²) in [4.78, 5) is 0.421. The maximum Gasteiger partial charge on any atom is 0.243 e. The summed E-state index contributed by atoms with van der Waals surface area (Å²) in [7, 11) is -3.41. The summed E-state index contributed by atoms with van der Waals surface area (Å²) in [5.41, 5.74) is 2.76. The van der Waals surface area contributed by atoms with Crippen molar-refractivity contribution in [3.63, 3.8) is 0 Å². The Balaban J connectivity index is 2.38. The number of aryl methyl sites for hydroxylation is 2. The van der Waals surface area contributed by atoms with Gasteiger partial charge in [-0.25, -0.2) is 8.42 Å². The van der Waals surface area contributed by atoms with Crippen molar-refractivity contribution in [2.24, 2.45) is 0 Å². The molecule has 0 unspecified atom stereocenters. The second-order valence-corrected chi connectivity index (χ2v) is 8.02. The van der Waals surface area contributed by atoms with Gasteiger partial charge in [-0.1, -0.05) is 25.3 Å². The Kier molecular flexibility index (Phi) is 5.69. The van der Waals surface area contributed by atoms with Gasteiger partial charge in [-0.15, -0.1) is 11.6 Å². The minimum Gasteiger partial charge on any atom is -0.207 e. The number of rotatable bonds is 3. The Bertz CT molecular complexity index is 591. The molecule has 0 atom stereocenters. The molecule has 3 nitrogen and oxygen atoms in total. The van der Waals surface area contributed by atoms with Gasteiger partial charge in [0.25, 0.3) is 0 Å². The standard InChI is InChI=1S/C16H24ClNO2S/c1-13-10-14(2)16(11-15(13)12-17)21(19,20)18-8-6-4-3-5-7-9-18/h10-11H,3-9,12H2,1-2H3. The average molecular weight is 330 g/mol. The van der Waals surface area contributed by atoms with Crippen molar-refractivity contribution in [2.45, 2.75) is 56.7 Å². The second kappa shape index (κ2) is 7.12. The first-order chi connectivity index (χ1) is 9.96. The zero-order chi connectivity index (χ0) is 15.5. The number of hydrogen-bond acceptors (Lipinski definition) is 2. The Morgan fingerprint density at radius 1 is 1.00 bits per heavy atom. The van der Waals surface area contributed by atoms with E-state index < -0.39 is 10.0 Å². The first kappa shape index (κ1) is 16.8. The molecule has 1 fully saturated rings. The molecule has 0 bridgehead atoms. The van der Waals surface area contributed by atoms with E-state index in [1.807, 2.05) is 19.9 Å². The van der Waals surface area contributed by atoms with Crippen LogP contribution in [0.4, 0.5) is 0 Å². The second-order valence-electron chi connectivity index (χ2n) is 5.85. The summed E-state index contributed by atoms with van der Waals surface area (Å²) in [5.74, 6) is 0.342. The number of sulfonamides is 1. The minimum absolute atomic E-state index is 0.342. The maximum atomic E-state index is 12.9. The largest absolute Gasteiger partial charge is 0.243 e. The molecule has 5 heteroatoms. The fourth-order valence-electron chi connectivity index (χ4n) is 2.89. The summed E-state index contributed by atoms with van der Waals surface area (Å²) >= 11 is 5.93. The lowest BCUT2D eigenvalue weighted by Crippen LogP contribution is -2.34. The van der Waals surface area contributed by atoms with Crippen LogP contribution in [0.3, 0.4) is 0 Å². The first-order valence-corrected chi connectivity index (χ1v) is 9.60. The van der Waals surface area contributed by atoms with Crippen molar-refractivity contribution < 1.29 is 8.42 Å². The number of nitrogens with zero attached hydrogens (tertiary/aromatic N) is 1. The molecule has 1 aliphatic heterocycles. The summed E-state index contributed by atoms with van der Waals surface area (Å²) < 4.78 is 27.5. The van der Waals surface area contributed by atoms with Gasteiger partial charge in [0.1, 0.15) is 0 Å². The number of halogens is 1. The molecule has 1 aliphatic rings. The van der Waals surface area contributed by atoms with Crippen molar-refractivity contribution in [3.8, 4) is 0 Å². The van der Waals surface area contributed by atoms with Crippen LogP contribution in [0.2, 0.25) is 0 Å². The van der Waals surface area contributed by atoms with Gasteiger partial charge in [0.05, 0.1) is 4.90 Å². The van der Waals surface area contributed by atoms with Gasteiger partial charge in [-0.2, -0.15) is 4.31 Å². The average Bonchev–Trinajstić information content (AvgIpc) is 2.37.